The van der Waals surface area contributed by atoms with E-state index in [1.54, 1.807) is 0 Å². The predicted molar refractivity (Wildman–Crippen MR) is 128 cm³/mol. The number of carbonyl (C=O) groups is 2. The van der Waals surface area contributed by atoms with Crippen LogP contribution in [0.4, 0.5) is 4.79 Å². The molecule has 1 aliphatic carbocycles. The summed E-state index contributed by atoms with van der Waals surface area (Å²) in [6.45, 7) is 10.7. The highest BCUT2D eigenvalue weighted by Crippen LogP contribution is 2.40. The Bertz CT molecular complexity index is 771. The molecule has 2 heterocycles. The van der Waals surface area contributed by atoms with Gasteiger partial charge >= 0.3 is 19.2 Å². The molecular weight excluding hydrogens is 439 g/mol. The van der Waals surface area contributed by atoms with E-state index in [1.807, 2.05) is 34.6 Å². The van der Waals surface area contributed by atoms with E-state index in [0.29, 0.717) is 25.9 Å². The van der Waals surface area contributed by atoms with Gasteiger partial charge in [-0.15, -0.1) is 0 Å². The van der Waals surface area contributed by atoms with Crippen LogP contribution in [0.5, 0.6) is 0 Å². The van der Waals surface area contributed by atoms with Gasteiger partial charge in [0.2, 0.25) is 0 Å². The number of amides is 1. The van der Waals surface area contributed by atoms with Crippen LogP contribution in [0.2, 0.25) is 0 Å². The molecule has 192 valence electrons. The van der Waals surface area contributed by atoms with Gasteiger partial charge in [0.15, 0.2) is 0 Å². The maximum atomic E-state index is 12.8. The first-order chi connectivity index (χ1) is 15.9. The first kappa shape index (κ1) is 27.0. The van der Waals surface area contributed by atoms with Gasteiger partial charge in [0.05, 0.1) is 36.4 Å². The number of ether oxygens (including phenoxy) is 2. The second-order valence-electron chi connectivity index (χ2n) is 10.7. The fraction of sp³-hybridized carbons (Fsp3) is 0.833. The summed E-state index contributed by atoms with van der Waals surface area (Å²) in [5, 5.41) is 9.77. The van der Waals surface area contributed by atoms with Crippen molar-refractivity contribution in [3.63, 3.8) is 0 Å². The maximum absolute atomic E-state index is 12.8. The minimum Gasteiger partial charge on any atom is -0.465 e. The lowest BCUT2D eigenvalue weighted by Crippen LogP contribution is -2.69. The largest absolute Gasteiger partial charge is 0.490 e. The Hall–Kier alpha value is -1.62. The number of rotatable bonds is 8. The second kappa shape index (κ2) is 10.6. The summed E-state index contributed by atoms with van der Waals surface area (Å²) >= 11 is 0. The zero-order chi connectivity index (χ0) is 25.1. The molecule has 0 bridgehead atoms. The SMILES string of the molecule is CCCCOC(=O)C1CCCN(C(=O)O)C1(N)COC1CC=C(B2OC(C)(C)C(C)(C)O2)CC1. The van der Waals surface area contributed by atoms with Crippen molar-refractivity contribution in [1.29, 1.82) is 0 Å². The zero-order valence-electron chi connectivity index (χ0n) is 21.3. The summed E-state index contributed by atoms with van der Waals surface area (Å²) < 4.78 is 23.9. The van der Waals surface area contributed by atoms with Crippen LogP contribution in [-0.2, 0) is 23.6 Å². The van der Waals surface area contributed by atoms with E-state index < -0.39 is 23.6 Å². The van der Waals surface area contributed by atoms with Crippen molar-refractivity contribution in [2.75, 3.05) is 19.8 Å². The van der Waals surface area contributed by atoms with Crippen LogP contribution in [0.15, 0.2) is 11.5 Å². The van der Waals surface area contributed by atoms with Gasteiger partial charge in [-0.3, -0.25) is 9.69 Å². The molecule has 1 amide bonds. The molecule has 3 aliphatic rings. The van der Waals surface area contributed by atoms with E-state index in [-0.39, 0.29) is 37.6 Å². The lowest BCUT2D eigenvalue weighted by atomic mass is 9.72. The molecule has 10 heteroatoms. The molecule has 0 aromatic heterocycles. The number of unbranched alkanes of at least 4 members (excludes halogenated alkanes) is 1. The minimum atomic E-state index is -1.46. The van der Waals surface area contributed by atoms with Crippen molar-refractivity contribution in [2.24, 2.45) is 11.7 Å². The van der Waals surface area contributed by atoms with Gasteiger partial charge in [-0.1, -0.05) is 19.4 Å². The van der Waals surface area contributed by atoms with Crippen molar-refractivity contribution in [3.8, 4) is 0 Å². The van der Waals surface area contributed by atoms with Gasteiger partial charge in [0, 0.05) is 6.54 Å². The number of allylic oxidation sites excluding steroid dienone is 1. The molecule has 0 spiro atoms. The molecule has 2 fully saturated rings. The van der Waals surface area contributed by atoms with Crippen LogP contribution in [-0.4, -0.2) is 71.9 Å². The minimum absolute atomic E-state index is 0.0584. The molecule has 3 rings (SSSR count). The van der Waals surface area contributed by atoms with Crippen molar-refractivity contribution < 1.29 is 33.5 Å². The summed E-state index contributed by atoms with van der Waals surface area (Å²) in [7, 11) is -0.366. The fourth-order valence-electron chi connectivity index (χ4n) is 4.73. The highest BCUT2D eigenvalue weighted by atomic mass is 16.7. The van der Waals surface area contributed by atoms with Crippen molar-refractivity contribution in [2.45, 2.75) is 103 Å². The average Bonchev–Trinajstić information content (AvgIpc) is 2.99. The topological polar surface area (TPSA) is 121 Å². The average molecular weight is 480 g/mol. The number of likely N-dealkylation sites (tertiary alicyclic amines) is 1. The summed E-state index contributed by atoms with van der Waals surface area (Å²) in [4.78, 5) is 25.9. The number of nitrogens with zero attached hydrogens (tertiary/aromatic N) is 1. The third-order valence-corrected chi connectivity index (χ3v) is 7.74. The second-order valence-corrected chi connectivity index (χ2v) is 10.7. The Kier molecular flexibility index (Phi) is 8.38. The monoisotopic (exact) mass is 480 g/mol. The molecule has 3 N–H and O–H groups in total. The summed E-state index contributed by atoms with van der Waals surface area (Å²) in [5.41, 5.74) is 5.49. The first-order valence-corrected chi connectivity index (χ1v) is 12.5. The molecule has 3 unspecified atom stereocenters. The fourth-order valence-corrected chi connectivity index (χ4v) is 4.73. The van der Waals surface area contributed by atoms with Gasteiger partial charge in [0.1, 0.15) is 5.66 Å². The van der Waals surface area contributed by atoms with Gasteiger partial charge in [-0.25, -0.2) is 4.79 Å². The van der Waals surface area contributed by atoms with E-state index in [4.69, 9.17) is 24.5 Å². The van der Waals surface area contributed by atoms with Gasteiger partial charge in [-0.2, -0.15) is 0 Å². The highest BCUT2D eigenvalue weighted by Gasteiger charge is 2.53. The lowest BCUT2D eigenvalue weighted by molar-refractivity contribution is -0.161. The van der Waals surface area contributed by atoms with Crippen LogP contribution < -0.4 is 5.73 Å². The van der Waals surface area contributed by atoms with E-state index in [0.717, 1.165) is 36.1 Å². The van der Waals surface area contributed by atoms with Crippen molar-refractivity contribution in [1.82, 2.24) is 4.90 Å². The number of esters is 1. The molecule has 2 aliphatic heterocycles. The number of carboxylic acid groups (broad SMARTS) is 1. The Balaban J connectivity index is 1.63. The predicted octanol–water partition coefficient (Wildman–Crippen LogP) is 3.50. The Labute approximate surface area is 203 Å². The highest BCUT2D eigenvalue weighted by molar-refractivity contribution is 6.54. The van der Waals surface area contributed by atoms with Crippen LogP contribution in [0.1, 0.15) is 79.6 Å². The smallest absolute Gasteiger partial charge is 0.465 e. The molecule has 0 saturated carbocycles. The zero-order valence-corrected chi connectivity index (χ0v) is 21.3. The molecule has 0 radical (unpaired) electrons. The van der Waals surface area contributed by atoms with Crippen LogP contribution in [0, 0.1) is 5.92 Å². The first-order valence-electron chi connectivity index (χ1n) is 12.5. The Morgan fingerprint density at radius 2 is 1.91 bits per heavy atom. The number of nitrogens with two attached hydrogens (primary N) is 1. The molecule has 3 atom stereocenters. The molecule has 2 saturated heterocycles. The standard InChI is InChI=1S/C24H41BN2O7/c1-6-7-15-31-20(28)19-9-8-14-27(21(29)30)24(19,26)16-32-18-12-10-17(11-13-18)25-33-22(2,3)23(4,5)34-25/h10,18-19H,6-9,11-16,26H2,1-5H3,(H,29,30). The maximum Gasteiger partial charge on any atom is 0.490 e. The van der Waals surface area contributed by atoms with E-state index in [2.05, 4.69) is 6.08 Å². The lowest BCUT2D eigenvalue weighted by Gasteiger charge is -2.47. The Morgan fingerprint density at radius 1 is 1.24 bits per heavy atom. The summed E-state index contributed by atoms with van der Waals surface area (Å²) in [6.07, 6.45) is 5.65. The van der Waals surface area contributed by atoms with E-state index in [1.165, 1.54) is 0 Å². The summed E-state index contributed by atoms with van der Waals surface area (Å²) in [6, 6.07) is 0. The van der Waals surface area contributed by atoms with Crippen LogP contribution in [0.3, 0.4) is 0 Å². The van der Waals surface area contributed by atoms with Crippen molar-refractivity contribution >= 4 is 19.2 Å². The van der Waals surface area contributed by atoms with Crippen LogP contribution >= 0.6 is 0 Å². The van der Waals surface area contributed by atoms with Crippen molar-refractivity contribution in [3.05, 3.63) is 11.5 Å². The molecule has 0 aromatic carbocycles. The number of carbonyl (C=O) groups excluding carboxylic acids is 1. The molecular formula is C24H41BN2O7. The number of piperidine rings is 1. The molecule has 9 nitrogen and oxygen atoms in total. The van der Waals surface area contributed by atoms with E-state index in [9.17, 15) is 14.7 Å². The molecule has 34 heavy (non-hydrogen) atoms. The quantitative estimate of drug-likeness (QED) is 0.308. The van der Waals surface area contributed by atoms with E-state index >= 15 is 0 Å². The third kappa shape index (κ3) is 5.61. The third-order valence-electron chi connectivity index (χ3n) is 7.74. The molecule has 0 aromatic rings. The number of hydrogen-bond acceptors (Lipinski definition) is 7. The van der Waals surface area contributed by atoms with Crippen LogP contribution in [0.25, 0.3) is 0 Å². The van der Waals surface area contributed by atoms with Gasteiger partial charge in [-0.05, 0) is 71.7 Å². The van der Waals surface area contributed by atoms with Gasteiger partial charge in [0.25, 0.3) is 0 Å². The number of hydrogen-bond donors (Lipinski definition) is 2. The normalized spacial score (nSPS) is 30.7. The van der Waals surface area contributed by atoms with Gasteiger partial charge < -0.3 is 29.6 Å². The summed E-state index contributed by atoms with van der Waals surface area (Å²) in [5.74, 6) is -1.20. The Morgan fingerprint density at radius 3 is 2.47 bits per heavy atom.